The van der Waals surface area contributed by atoms with Crippen LogP contribution in [0.3, 0.4) is 0 Å². The lowest BCUT2D eigenvalue weighted by Crippen LogP contribution is -2.36. The van der Waals surface area contributed by atoms with Crippen molar-refractivity contribution in [1.29, 1.82) is 0 Å². The van der Waals surface area contributed by atoms with Crippen LogP contribution in [-0.4, -0.2) is 23.6 Å². The van der Waals surface area contributed by atoms with Crippen LogP contribution < -0.4 is 10.2 Å². The summed E-state index contributed by atoms with van der Waals surface area (Å²) < 4.78 is 0. The van der Waals surface area contributed by atoms with E-state index in [9.17, 15) is 0 Å². The number of hydrogen-bond donors (Lipinski definition) is 1. The van der Waals surface area contributed by atoms with Gasteiger partial charge in [-0.3, -0.25) is 0 Å². The fraction of sp³-hybridized carbons (Fsp3) is 0.688. The molecule has 2 heterocycles. The number of rotatable bonds is 3. The predicted octanol–water partition coefficient (Wildman–Crippen LogP) is 3.21. The highest BCUT2D eigenvalue weighted by Gasteiger charge is 2.17. The third kappa shape index (κ3) is 4.50. The maximum absolute atomic E-state index is 4.80. The van der Waals surface area contributed by atoms with Gasteiger partial charge in [-0.1, -0.05) is 13.0 Å². The molecule has 1 atom stereocenters. The van der Waals surface area contributed by atoms with Crippen molar-refractivity contribution < 1.29 is 0 Å². The second-order valence-corrected chi connectivity index (χ2v) is 6.78. The lowest BCUT2D eigenvalue weighted by atomic mass is 10.0. The van der Waals surface area contributed by atoms with Gasteiger partial charge in [0.15, 0.2) is 0 Å². The Hall–Kier alpha value is -1.09. The van der Waals surface area contributed by atoms with Crippen molar-refractivity contribution >= 4 is 5.82 Å². The van der Waals surface area contributed by atoms with Gasteiger partial charge >= 0.3 is 0 Å². The predicted molar refractivity (Wildman–Crippen MR) is 81.4 cm³/mol. The number of aromatic nitrogens is 1. The summed E-state index contributed by atoms with van der Waals surface area (Å²) in [6.45, 7) is 12.0. The van der Waals surface area contributed by atoms with Crippen molar-refractivity contribution in [3.05, 3.63) is 23.9 Å². The van der Waals surface area contributed by atoms with Crippen molar-refractivity contribution in [1.82, 2.24) is 10.3 Å². The van der Waals surface area contributed by atoms with Crippen LogP contribution in [0, 0.1) is 5.92 Å². The zero-order valence-corrected chi connectivity index (χ0v) is 12.7. The Kier molecular flexibility index (Phi) is 4.46. The summed E-state index contributed by atoms with van der Waals surface area (Å²) in [5.41, 5.74) is 1.27. The minimum Gasteiger partial charge on any atom is -0.356 e. The van der Waals surface area contributed by atoms with Crippen LogP contribution in [0.5, 0.6) is 0 Å². The van der Waals surface area contributed by atoms with E-state index in [0.29, 0.717) is 0 Å². The van der Waals surface area contributed by atoms with Gasteiger partial charge in [0.2, 0.25) is 0 Å². The minimum absolute atomic E-state index is 0.136. The molecule has 0 saturated carbocycles. The third-order valence-electron chi connectivity index (χ3n) is 3.57. The molecular formula is C16H27N3. The van der Waals surface area contributed by atoms with Gasteiger partial charge in [0, 0.05) is 25.2 Å². The summed E-state index contributed by atoms with van der Waals surface area (Å²) >= 11 is 0. The van der Waals surface area contributed by atoms with E-state index in [4.69, 9.17) is 4.98 Å². The lowest BCUT2D eigenvalue weighted by molar-refractivity contribution is 0.420. The molecule has 1 aliphatic heterocycles. The van der Waals surface area contributed by atoms with Crippen LogP contribution in [0.1, 0.15) is 46.2 Å². The summed E-state index contributed by atoms with van der Waals surface area (Å²) in [5, 5.41) is 3.50. The first kappa shape index (κ1) is 14.3. The van der Waals surface area contributed by atoms with Crippen LogP contribution >= 0.6 is 0 Å². The number of nitrogens with one attached hydrogen (secondary N) is 1. The molecule has 1 fully saturated rings. The maximum atomic E-state index is 4.80. The van der Waals surface area contributed by atoms with Gasteiger partial charge in [0.05, 0.1) is 5.69 Å². The number of piperidine rings is 1. The molecular weight excluding hydrogens is 234 g/mol. The highest BCUT2D eigenvalue weighted by molar-refractivity contribution is 5.39. The Morgan fingerprint density at radius 2 is 2.16 bits per heavy atom. The van der Waals surface area contributed by atoms with Crippen LogP contribution in [0.15, 0.2) is 18.2 Å². The normalized spacial score (nSPS) is 20.6. The lowest BCUT2D eigenvalue weighted by Gasteiger charge is -2.32. The van der Waals surface area contributed by atoms with Crippen LogP contribution in [0.4, 0.5) is 5.82 Å². The SMILES string of the molecule is CC1CCCN(c2cccc(CNC(C)(C)C)n2)C1. The van der Waals surface area contributed by atoms with Gasteiger partial charge in [0.1, 0.15) is 5.82 Å². The highest BCUT2D eigenvalue weighted by Crippen LogP contribution is 2.21. The smallest absolute Gasteiger partial charge is 0.128 e. The average Bonchev–Trinajstić information content (AvgIpc) is 2.36. The van der Waals surface area contributed by atoms with E-state index in [1.54, 1.807) is 0 Å². The molecule has 1 aromatic rings. The standard InChI is InChI=1S/C16H27N3/c1-13-7-6-10-19(12-13)15-9-5-8-14(18-15)11-17-16(2,3)4/h5,8-9,13,17H,6-7,10-12H2,1-4H3. The summed E-state index contributed by atoms with van der Waals surface area (Å²) in [5.74, 6) is 1.92. The molecule has 1 unspecified atom stereocenters. The van der Waals surface area contributed by atoms with Crippen molar-refractivity contribution in [3.8, 4) is 0 Å². The first-order valence-electron chi connectivity index (χ1n) is 7.40. The zero-order chi connectivity index (χ0) is 13.9. The fourth-order valence-electron chi connectivity index (χ4n) is 2.49. The topological polar surface area (TPSA) is 28.2 Å². The molecule has 0 aromatic carbocycles. The monoisotopic (exact) mass is 261 g/mol. The van der Waals surface area contributed by atoms with E-state index in [2.05, 4.69) is 56.1 Å². The third-order valence-corrected chi connectivity index (χ3v) is 3.57. The van der Waals surface area contributed by atoms with E-state index in [0.717, 1.165) is 37.1 Å². The molecule has 0 radical (unpaired) electrons. The van der Waals surface area contributed by atoms with Gasteiger partial charge in [0.25, 0.3) is 0 Å². The zero-order valence-electron chi connectivity index (χ0n) is 12.7. The van der Waals surface area contributed by atoms with Gasteiger partial charge < -0.3 is 10.2 Å². The fourth-order valence-corrected chi connectivity index (χ4v) is 2.49. The molecule has 3 heteroatoms. The summed E-state index contributed by atoms with van der Waals surface area (Å²) in [4.78, 5) is 7.22. The van der Waals surface area contributed by atoms with E-state index in [-0.39, 0.29) is 5.54 Å². The largest absolute Gasteiger partial charge is 0.356 e. The van der Waals surface area contributed by atoms with E-state index >= 15 is 0 Å². The molecule has 1 N–H and O–H groups in total. The molecule has 2 rings (SSSR count). The molecule has 3 nitrogen and oxygen atoms in total. The Labute approximate surface area is 117 Å². The van der Waals surface area contributed by atoms with Gasteiger partial charge in [-0.25, -0.2) is 4.98 Å². The molecule has 0 spiro atoms. The first-order valence-corrected chi connectivity index (χ1v) is 7.40. The molecule has 0 bridgehead atoms. The van der Waals surface area contributed by atoms with Gasteiger partial charge in [-0.15, -0.1) is 0 Å². The van der Waals surface area contributed by atoms with Gasteiger partial charge in [-0.2, -0.15) is 0 Å². The number of hydrogen-bond acceptors (Lipinski definition) is 3. The molecule has 19 heavy (non-hydrogen) atoms. The number of nitrogens with zero attached hydrogens (tertiary/aromatic N) is 2. The Morgan fingerprint density at radius 1 is 1.37 bits per heavy atom. The molecule has 0 aliphatic carbocycles. The second-order valence-electron chi connectivity index (χ2n) is 6.78. The Morgan fingerprint density at radius 3 is 2.84 bits per heavy atom. The van der Waals surface area contributed by atoms with Crippen molar-refractivity contribution in [2.45, 2.75) is 52.6 Å². The van der Waals surface area contributed by atoms with Crippen LogP contribution in [0.25, 0.3) is 0 Å². The number of anilines is 1. The molecule has 1 aromatic heterocycles. The molecule has 106 valence electrons. The quantitative estimate of drug-likeness (QED) is 0.905. The summed E-state index contributed by atoms with van der Waals surface area (Å²) in [7, 11) is 0. The summed E-state index contributed by atoms with van der Waals surface area (Å²) in [6.07, 6.45) is 2.63. The average molecular weight is 261 g/mol. The molecule has 1 saturated heterocycles. The van der Waals surface area contributed by atoms with E-state index in [1.165, 1.54) is 12.8 Å². The second kappa shape index (κ2) is 5.91. The van der Waals surface area contributed by atoms with E-state index in [1.807, 2.05) is 0 Å². The number of pyridine rings is 1. The molecule has 1 aliphatic rings. The van der Waals surface area contributed by atoms with E-state index < -0.39 is 0 Å². The maximum Gasteiger partial charge on any atom is 0.128 e. The molecule has 0 amide bonds. The highest BCUT2D eigenvalue weighted by atomic mass is 15.2. The minimum atomic E-state index is 0.136. The first-order chi connectivity index (χ1) is 8.94. The van der Waals surface area contributed by atoms with Crippen LogP contribution in [0.2, 0.25) is 0 Å². The van der Waals surface area contributed by atoms with Gasteiger partial charge in [-0.05, 0) is 51.7 Å². The summed E-state index contributed by atoms with van der Waals surface area (Å²) in [6, 6.07) is 6.37. The Balaban J connectivity index is 2.02. The van der Waals surface area contributed by atoms with Crippen molar-refractivity contribution in [2.24, 2.45) is 5.92 Å². The Bertz CT molecular complexity index is 409. The van der Waals surface area contributed by atoms with Crippen LogP contribution in [-0.2, 0) is 6.54 Å². The van der Waals surface area contributed by atoms with Crippen molar-refractivity contribution in [3.63, 3.8) is 0 Å². The van der Waals surface area contributed by atoms with Crippen molar-refractivity contribution in [2.75, 3.05) is 18.0 Å².